The molecule has 0 aromatic heterocycles. The second kappa shape index (κ2) is 4.15. The standard InChI is InChI=1S/C6H14N2O2S/c1-5-4-7-3-2-6(5)8-11(9)10/h5-8H,2-4H2,1H3,(H,9,10)/p-1. The second-order valence-electron chi connectivity index (χ2n) is 2.93. The van der Waals surface area contributed by atoms with Gasteiger partial charge < -0.3 is 9.87 Å². The number of hydrogen-bond acceptors (Lipinski definition) is 3. The normalized spacial score (nSPS) is 35.1. The minimum absolute atomic E-state index is 0.120. The molecule has 0 saturated carbocycles. The van der Waals surface area contributed by atoms with E-state index in [-0.39, 0.29) is 6.04 Å². The fourth-order valence-corrected chi connectivity index (χ4v) is 1.91. The van der Waals surface area contributed by atoms with Crippen LogP contribution in [0.15, 0.2) is 0 Å². The molecule has 0 radical (unpaired) electrons. The second-order valence-corrected chi connectivity index (χ2v) is 3.63. The molecule has 1 aliphatic heterocycles. The van der Waals surface area contributed by atoms with Crippen LogP contribution in [0, 0.1) is 5.92 Å². The summed E-state index contributed by atoms with van der Waals surface area (Å²) in [6.45, 7) is 3.84. The Kier molecular flexibility index (Phi) is 3.45. The largest absolute Gasteiger partial charge is 0.760 e. The fourth-order valence-electron chi connectivity index (χ4n) is 1.31. The third-order valence-electron chi connectivity index (χ3n) is 2.03. The molecule has 3 atom stereocenters. The lowest BCUT2D eigenvalue weighted by Crippen LogP contribution is -2.46. The smallest absolute Gasteiger partial charge is 0.0234 e. The molecule has 1 rings (SSSR count). The van der Waals surface area contributed by atoms with Gasteiger partial charge in [0.15, 0.2) is 0 Å². The van der Waals surface area contributed by atoms with Gasteiger partial charge in [-0.15, -0.1) is 0 Å². The van der Waals surface area contributed by atoms with E-state index in [0.717, 1.165) is 19.5 Å². The van der Waals surface area contributed by atoms with Crippen LogP contribution in [0.3, 0.4) is 0 Å². The van der Waals surface area contributed by atoms with Crippen LogP contribution in [0.4, 0.5) is 0 Å². The first-order chi connectivity index (χ1) is 5.20. The molecule has 0 bridgehead atoms. The zero-order valence-electron chi connectivity index (χ0n) is 6.50. The van der Waals surface area contributed by atoms with E-state index in [0.29, 0.717) is 5.92 Å². The number of rotatable bonds is 2. The lowest BCUT2D eigenvalue weighted by Gasteiger charge is -2.30. The van der Waals surface area contributed by atoms with Crippen molar-refractivity contribution in [1.29, 1.82) is 0 Å². The molecular weight excluding hydrogens is 164 g/mol. The average Bonchev–Trinajstić information content (AvgIpc) is 1.93. The average molecular weight is 177 g/mol. The fraction of sp³-hybridized carbons (Fsp3) is 1.00. The van der Waals surface area contributed by atoms with Crippen LogP contribution in [0.1, 0.15) is 13.3 Å². The summed E-state index contributed by atoms with van der Waals surface area (Å²) in [6.07, 6.45) is 0.884. The van der Waals surface area contributed by atoms with Crippen LogP contribution in [0.2, 0.25) is 0 Å². The molecule has 4 nitrogen and oxygen atoms in total. The van der Waals surface area contributed by atoms with Gasteiger partial charge in [0.25, 0.3) is 0 Å². The molecule has 0 aromatic rings. The third-order valence-corrected chi connectivity index (χ3v) is 2.53. The van der Waals surface area contributed by atoms with E-state index < -0.39 is 11.3 Å². The SMILES string of the molecule is CC1CNCCC1NS(=O)[O-]. The topological polar surface area (TPSA) is 64.2 Å². The van der Waals surface area contributed by atoms with Crippen LogP contribution in [-0.4, -0.2) is 27.9 Å². The van der Waals surface area contributed by atoms with E-state index in [1.54, 1.807) is 0 Å². The van der Waals surface area contributed by atoms with Gasteiger partial charge in [0.05, 0.1) is 0 Å². The zero-order chi connectivity index (χ0) is 8.27. The summed E-state index contributed by atoms with van der Waals surface area (Å²) in [5, 5.41) is 3.20. The van der Waals surface area contributed by atoms with E-state index >= 15 is 0 Å². The van der Waals surface area contributed by atoms with Crippen LogP contribution < -0.4 is 10.0 Å². The van der Waals surface area contributed by atoms with Gasteiger partial charge in [-0.25, -0.2) is 4.72 Å². The van der Waals surface area contributed by atoms with Gasteiger partial charge in [-0.2, -0.15) is 0 Å². The highest BCUT2D eigenvalue weighted by molar-refractivity contribution is 7.77. The van der Waals surface area contributed by atoms with Crippen LogP contribution in [0.5, 0.6) is 0 Å². The molecule has 1 aliphatic rings. The molecule has 3 unspecified atom stereocenters. The molecule has 66 valence electrons. The Bertz CT molecular complexity index is 154. The highest BCUT2D eigenvalue weighted by Crippen LogP contribution is 2.09. The van der Waals surface area contributed by atoms with Crippen LogP contribution in [-0.2, 0) is 11.3 Å². The first-order valence-electron chi connectivity index (χ1n) is 3.76. The molecule has 0 spiro atoms. The van der Waals surface area contributed by atoms with Crippen molar-refractivity contribution in [1.82, 2.24) is 10.0 Å². The summed E-state index contributed by atoms with van der Waals surface area (Å²) < 4.78 is 23.1. The first-order valence-corrected chi connectivity index (χ1v) is 4.84. The Labute approximate surface area is 69.2 Å². The molecule has 1 fully saturated rings. The van der Waals surface area contributed by atoms with Crippen molar-refractivity contribution in [2.75, 3.05) is 13.1 Å². The Balaban J connectivity index is 2.35. The molecule has 2 N–H and O–H groups in total. The van der Waals surface area contributed by atoms with Crippen molar-refractivity contribution in [3.63, 3.8) is 0 Å². The van der Waals surface area contributed by atoms with Gasteiger partial charge in [-0.1, -0.05) is 6.92 Å². The predicted octanol–water partition coefficient (Wildman–Crippen LogP) is -0.632. The van der Waals surface area contributed by atoms with E-state index in [1.807, 2.05) is 6.92 Å². The zero-order valence-corrected chi connectivity index (χ0v) is 7.32. The van der Waals surface area contributed by atoms with Crippen LogP contribution >= 0.6 is 0 Å². The van der Waals surface area contributed by atoms with Crippen molar-refractivity contribution in [2.45, 2.75) is 19.4 Å². The van der Waals surface area contributed by atoms with Crippen molar-refractivity contribution in [3.8, 4) is 0 Å². The predicted molar refractivity (Wildman–Crippen MR) is 42.5 cm³/mol. The molecule has 0 amide bonds. The summed E-state index contributed by atoms with van der Waals surface area (Å²) in [6, 6.07) is 0.120. The maximum absolute atomic E-state index is 10.3. The minimum Gasteiger partial charge on any atom is -0.760 e. The Morgan fingerprint density at radius 3 is 3.00 bits per heavy atom. The highest BCUT2D eigenvalue weighted by atomic mass is 32.2. The maximum Gasteiger partial charge on any atom is 0.0234 e. The summed E-state index contributed by atoms with van der Waals surface area (Å²) >= 11 is -2.11. The monoisotopic (exact) mass is 177 g/mol. The van der Waals surface area contributed by atoms with Gasteiger partial charge in [0, 0.05) is 17.3 Å². The van der Waals surface area contributed by atoms with Gasteiger partial charge >= 0.3 is 0 Å². The van der Waals surface area contributed by atoms with E-state index in [2.05, 4.69) is 10.0 Å². The van der Waals surface area contributed by atoms with Gasteiger partial charge in [-0.05, 0) is 25.4 Å². The molecule has 5 heteroatoms. The van der Waals surface area contributed by atoms with Gasteiger partial charge in [0.1, 0.15) is 0 Å². The van der Waals surface area contributed by atoms with E-state index in [1.165, 1.54) is 0 Å². The molecule has 1 saturated heterocycles. The summed E-state index contributed by atoms with van der Waals surface area (Å²) in [4.78, 5) is 0. The molecule has 11 heavy (non-hydrogen) atoms. The maximum atomic E-state index is 10.3. The van der Waals surface area contributed by atoms with Crippen LogP contribution in [0.25, 0.3) is 0 Å². The highest BCUT2D eigenvalue weighted by Gasteiger charge is 2.20. The molecular formula is C6H13N2O2S-. The minimum atomic E-state index is -2.11. The van der Waals surface area contributed by atoms with Crippen molar-refractivity contribution in [2.24, 2.45) is 5.92 Å². The van der Waals surface area contributed by atoms with Crippen molar-refractivity contribution < 1.29 is 8.76 Å². The summed E-state index contributed by atoms with van der Waals surface area (Å²) in [5.74, 6) is 0.390. The third kappa shape index (κ3) is 2.86. The quantitative estimate of drug-likeness (QED) is 0.552. The molecule has 0 aliphatic carbocycles. The van der Waals surface area contributed by atoms with E-state index in [4.69, 9.17) is 0 Å². The lowest BCUT2D eigenvalue weighted by molar-refractivity contribution is 0.325. The Morgan fingerprint density at radius 2 is 2.45 bits per heavy atom. The molecule has 1 heterocycles. The summed E-state index contributed by atoms with van der Waals surface area (Å²) in [5.41, 5.74) is 0. The van der Waals surface area contributed by atoms with Crippen molar-refractivity contribution in [3.05, 3.63) is 0 Å². The van der Waals surface area contributed by atoms with E-state index in [9.17, 15) is 8.76 Å². The Hall–Kier alpha value is 0.0300. The Morgan fingerprint density at radius 1 is 1.73 bits per heavy atom. The summed E-state index contributed by atoms with van der Waals surface area (Å²) in [7, 11) is 0. The van der Waals surface area contributed by atoms with Crippen molar-refractivity contribution >= 4 is 11.3 Å². The number of nitrogens with one attached hydrogen (secondary N) is 2. The van der Waals surface area contributed by atoms with Gasteiger partial charge in [0.2, 0.25) is 0 Å². The van der Waals surface area contributed by atoms with Gasteiger partial charge in [-0.3, -0.25) is 4.21 Å². The lowest BCUT2D eigenvalue weighted by atomic mass is 9.97. The number of piperidine rings is 1. The molecule has 0 aromatic carbocycles. The first kappa shape index (κ1) is 9.12. The number of hydrogen-bond donors (Lipinski definition) is 2.